The summed E-state index contributed by atoms with van der Waals surface area (Å²) in [5.41, 5.74) is 6.02. The smallest absolute Gasteiger partial charge is 0.327 e. The summed E-state index contributed by atoms with van der Waals surface area (Å²) in [7, 11) is 0. The van der Waals surface area contributed by atoms with Crippen LogP contribution in [0.5, 0.6) is 0 Å². The van der Waals surface area contributed by atoms with Crippen molar-refractivity contribution < 1.29 is 14.7 Å². The minimum atomic E-state index is -1.07. The van der Waals surface area contributed by atoms with E-state index in [-0.39, 0.29) is 11.7 Å². The molecule has 0 bridgehead atoms. The molecule has 4 N–H and O–H groups in total. The van der Waals surface area contributed by atoms with Gasteiger partial charge in [-0.1, -0.05) is 0 Å². The van der Waals surface area contributed by atoms with Gasteiger partial charge in [0.2, 0.25) is 5.91 Å². The molecule has 92 valence electrons. The molecule has 0 aliphatic heterocycles. The Morgan fingerprint density at radius 1 is 1.59 bits per heavy atom. The predicted octanol–water partition coefficient (Wildman–Crippen LogP) is 0.345. The molecule has 1 atom stereocenters. The van der Waals surface area contributed by atoms with Gasteiger partial charge in [0.25, 0.3) is 0 Å². The standard InChI is InChI=1S/C10H13N3O3S/c1-6(14)13-8(10(15)16)5-17-9-3-2-7(11)4-12-9/h2-4,8H,5,11H2,1H3,(H,13,14)(H,15,16). The number of aliphatic carboxylic acids is 1. The fraction of sp³-hybridized carbons (Fsp3) is 0.300. The van der Waals surface area contributed by atoms with Crippen LogP contribution in [0.2, 0.25) is 0 Å². The lowest BCUT2D eigenvalue weighted by Gasteiger charge is -2.12. The number of amides is 1. The van der Waals surface area contributed by atoms with Gasteiger partial charge in [0, 0.05) is 12.7 Å². The Morgan fingerprint density at radius 3 is 2.76 bits per heavy atom. The molecule has 0 aliphatic rings. The average Bonchev–Trinajstić information content (AvgIpc) is 2.25. The van der Waals surface area contributed by atoms with Crippen molar-refractivity contribution in [2.24, 2.45) is 0 Å². The van der Waals surface area contributed by atoms with Crippen LogP contribution in [0.3, 0.4) is 0 Å². The van der Waals surface area contributed by atoms with Gasteiger partial charge in [0.05, 0.1) is 16.9 Å². The molecule has 0 aromatic carbocycles. The van der Waals surface area contributed by atoms with E-state index in [4.69, 9.17) is 10.8 Å². The molecule has 0 saturated heterocycles. The second-order valence-corrected chi connectivity index (χ2v) is 4.37. The number of nitrogens with one attached hydrogen (secondary N) is 1. The van der Waals surface area contributed by atoms with Crippen LogP contribution in [-0.4, -0.2) is 33.8 Å². The zero-order valence-corrected chi connectivity index (χ0v) is 10.0. The van der Waals surface area contributed by atoms with Crippen LogP contribution in [0, 0.1) is 0 Å². The molecular weight excluding hydrogens is 242 g/mol. The molecule has 1 rings (SSSR count). The Hall–Kier alpha value is -1.76. The fourth-order valence-electron chi connectivity index (χ4n) is 1.07. The van der Waals surface area contributed by atoms with E-state index in [1.54, 1.807) is 12.1 Å². The highest BCUT2D eigenvalue weighted by Crippen LogP contribution is 2.16. The van der Waals surface area contributed by atoms with Crippen LogP contribution < -0.4 is 11.1 Å². The molecule has 0 spiro atoms. The lowest BCUT2D eigenvalue weighted by molar-refractivity contribution is -0.140. The molecule has 0 fully saturated rings. The summed E-state index contributed by atoms with van der Waals surface area (Å²) in [5, 5.41) is 11.9. The van der Waals surface area contributed by atoms with Gasteiger partial charge in [-0.2, -0.15) is 0 Å². The second-order valence-electron chi connectivity index (χ2n) is 3.33. The molecule has 17 heavy (non-hydrogen) atoms. The predicted molar refractivity (Wildman–Crippen MR) is 64.6 cm³/mol. The highest BCUT2D eigenvalue weighted by atomic mass is 32.2. The maximum absolute atomic E-state index is 10.8. The number of nitrogens with two attached hydrogens (primary N) is 1. The number of pyridine rings is 1. The third-order valence-electron chi connectivity index (χ3n) is 1.83. The Bertz CT molecular complexity index is 408. The normalized spacial score (nSPS) is 11.8. The number of rotatable bonds is 5. The first-order valence-corrected chi connectivity index (χ1v) is 5.82. The van der Waals surface area contributed by atoms with Crippen molar-refractivity contribution in [1.29, 1.82) is 0 Å². The summed E-state index contributed by atoms with van der Waals surface area (Å²) in [4.78, 5) is 25.7. The Balaban J connectivity index is 2.54. The highest BCUT2D eigenvalue weighted by Gasteiger charge is 2.18. The minimum absolute atomic E-state index is 0.214. The number of hydrogen-bond donors (Lipinski definition) is 3. The van der Waals surface area contributed by atoms with Gasteiger partial charge in [-0.25, -0.2) is 9.78 Å². The third kappa shape index (κ3) is 4.73. The molecule has 0 aliphatic carbocycles. The number of nitrogen functional groups attached to an aromatic ring is 1. The molecule has 1 amide bonds. The monoisotopic (exact) mass is 255 g/mol. The Morgan fingerprint density at radius 2 is 2.29 bits per heavy atom. The number of thioether (sulfide) groups is 1. The van der Waals surface area contributed by atoms with E-state index in [9.17, 15) is 9.59 Å². The van der Waals surface area contributed by atoms with Crippen molar-refractivity contribution in [2.45, 2.75) is 18.0 Å². The van der Waals surface area contributed by atoms with Crippen molar-refractivity contribution in [3.8, 4) is 0 Å². The van der Waals surface area contributed by atoms with E-state index in [1.165, 1.54) is 24.9 Å². The second kappa shape index (κ2) is 6.09. The number of carbonyl (C=O) groups excluding carboxylic acids is 1. The van der Waals surface area contributed by atoms with E-state index >= 15 is 0 Å². The Kier molecular flexibility index (Phi) is 4.77. The third-order valence-corrected chi connectivity index (χ3v) is 2.87. The van der Waals surface area contributed by atoms with Gasteiger partial charge < -0.3 is 16.2 Å². The van der Waals surface area contributed by atoms with Crippen LogP contribution in [0.1, 0.15) is 6.92 Å². The van der Waals surface area contributed by atoms with Crippen LogP contribution in [-0.2, 0) is 9.59 Å². The lowest BCUT2D eigenvalue weighted by Crippen LogP contribution is -2.41. The van der Waals surface area contributed by atoms with Gasteiger partial charge in [0.1, 0.15) is 6.04 Å². The molecule has 7 heteroatoms. The first-order valence-electron chi connectivity index (χ1n) is 4.83. The van der Waals surface area contributed by atoms with Gasteiger partial charge in [-0.05, 0) is 12.1 Å². The summed E-state index contributed by atoms with van der Waals surface area (Å²) in [6, 6.07) is 2.47. The van der Waals surface area contributed by atoms with E-state index in [1.807, 2.05) is 0 Å². The number of carbonyl (C=O) groups is 2. The lowest BCUT2D eigenvalue weighted by atomic mass is 10.3. The van der Waals surface area contributed by atoms with E-state index in [0.29, 0.717) is 10.7 Å². The molecule has 6 nitrogen and oxygen atoms in total. The maximum Gasteiger partial charge on any atom is 0.327 e. The van der Waals surface area contributed by atoms with Gasteiger partial charge in [-0.3, -0.25) is 4.79 Å². The van der Waals surface area contributed by atoms with Crippen molar-refractivity contribution >= 4 is 29.3 Å². The summed E-state index contributed by atoms with van der Waals surface area (Å²) in [6.07, 6.45) is 1.50. The van der Waals surface area contributed by atoms with Crippen molar-refractivity contribution in [3.63, 3.8) is 0 Å². The first-order chi connectivity index (χ1) is 7.99. The largest absolute Gasteiger partial charge is 0.480 e. The van der Waals surface area contributed by atoms with Gasteiger partial charge in [0.15, 0.2) is 0 Å². The van der Waals surface area contributed by atoms with Crippen LogP contribution >= 0.6 is 11.8 Å². The minimum Gasteiger partial charge on any atom is -0.480 e. The van der Waals surface area contributed by atoms with Crippen molar-refractivity contribution in [3.05, 3.63) is 18.3 Å². The quantitative estimate of drug-likeness (QED) is 0.655. The molecular formula is C10H13N3O3S. The topological polar surface area (TPSA) is 105 Å². The summed E-state index contributed by atoms with van der Waals surface area (Å²) < 4.78 is 0. The molecule has 1 aromatic rings. The first kappa shape index (κ1) is 13.3. The number of carboxylic acid groups (broad SMARTS) is 1. The average molecular weight is 255 g/mol. The number of anilines is 1. The maximum atomic E-state index is 10.8. The zero-order valence-electron chi connectivity index (χ0n) is 9.21. The molecule has 0 saturated carbocycles. The van der Waals surface area contributed by atoms with Crippen LogP contribution in [0.15, 0.2) is 23.4 Å². The molecule has 1 unspecified atom stereocenters. The highest BCUT2D eigenvalue weighted by molar-refractivity contribution is 7.99. The van der Waals surface area contributed by atoms with E-state index < -0.39 is 12.0 Å². The SMILES string of the molecule is CC(=O)NC(CSc1ccc(N)cn1)C(=O)O. The summed E-state index contributed by atoms with van der Waals surface area (Å²) >= 11 is 1.25. The number of nitrogens with zero attached hydrogens (tertiary/aromatic N) is 1. The molecule has 1 heterocycles. The van der Waals surface area contributed by atoms with Gasteiger partial charge >= 0.3 is 5.97 Å². The number of aromatic nitrogens is 1. The zero-order chi connectivity index (χ0) is 12.8. The number of hydrogen-bond acceptors (Lipinski definition) is 5. The van der Waals surface area contributed by atoms with Crippen LogP contribution in [0.4, 0.5) is 5.69 Å². The van der Waals surface area contributed by atoms with Gasteiger partial charge in [-0.15, -0.1) is 11.8 Å². The fourth-order valence-corrected chi connectivity index (χ4v) is 1.92. The van der Waals surface area contributed by atoms with E-state index in [0.717, 1.165) is 0 Å². The van der Waals surface area contributed by atoms with Crippen molar-refractivity contribution in [1.82, 2.24) is 10.3 Å². The Labute approximate surface area is 103 Å². The molecule has 0 radical (unpaired) electrons. The van der Waals surface area contributed by atoms with E-state index in [2.05, 4.69) is 10.3 Å². The van der Waals surface area contributed by atoms with Crippen LogP contribution in [0.25, 0.3) is 0 Å². The summed E-state index contributed by atoms with van der Waals surface area (Å²) in [5.74, 6) is -1.22. The van der Waals surface area contributed by atoms with Crippen molar-refractivity contribution in [2.75, 3.05) is 11.5 Å². The summed E-state index contributed by atoms with van der Waals surface area (Å²) in [6.45, 7) is 1.28. The number of carboxylic acids is 1. The molecule has 1 aromatic heterocycles.